The van der Waals surface area contributed by atoms with Crippen LogP contribution < -0.4 is 16.0 Å². The third-order valence-corrected chi connectivity index (χ3v) is 5.13. The number of thiophene rings is 1. The van der Waals surface area contributed by atoms with Crippen molar-refractivity contribution in [3.05, 3.63) is 76.0 Å². The van der Waals surface area contributed by atoms with Crippen molar-refractivity contribution < 1.29 is 9.59 Å². The predicted octanol–water partition coefficient (Wildman–Crippen LogP) is 5.52. The molecular formula is C21H21N3O2S. The topological polar surface area (TPSA) is 70.2 Å². The fourth-order valence-electron chi connectivity index (χ4n) is 2.67. The van der Waals surface area contributed by atoms with E-state index < -0.39 is 0 Å². The number of carbonyl (C=O) groups is 2. The van der Waals surface area contributed by atoms with Gasteiger partial charge in [-0.25, -0.2) is 4.79 Å². The molecule has 3 rings (SSSR count). The zero-order chi connectivity index (χ0) is 19.2. The summed E-state index contributed by atoms with van der Waals surface area (Å²) in [4.78, 5) is 26.4. The minimum absolute atomic E-state index is 0.145. The third-order valence-electron chi connectivity index (χ3n) is 4.04. The van der Waals surface area contributed by atoms with E-state index in [-0.39, 0.29) is 11.9 Å². The smallest absolute Gasteiger partial charge is 0.321 e. The van der Waals surface area contributed by atoms with E-state index in [1.54, 1.807) is 24.3 Å². The van der Waals surface area contributed by atoms with Crippen molar-refractivity contribution >= 4 is 40.3 Å². The Morgan fingerprint density at radius 2 is 1.48 bits per heavy atom. The van der Waals surface area contributed by atoms with E-state index in [1.165, 1.54) is 16.9 Å². The van der Waals surface area contributed by atoms with Crippen molar-refractivity contribution in [1.29, 1.82) is 0 Å². The van der Waals surface area contributed by atoms with Gasteiger partial charge in [-0.15, -0.1) is 11.3 Å². The van der Waals surface area contributed by atoms with Crippen LogP contribution in [0.5, 0.6) is 0 Å². The van der Waals surface area contributed by atoms with Gasteiger partial charge in [-0.3, -0.25) is 4.79 Å². The highest BCUT2D eigenvalue weighted by Crippen LogP contribution is 2.24. The molecule has 1 heterocycles. The zero-order valence-corrected chi connectivity index (χ0v) is 16.0. The molecule has 5 nitrogen and oxygen atoms in total. The molecule has 3 aromatic rings. The molecule has 0 aliphatic rings. The Balaban J connectivity index is 1.64. The van der Waals surface area contributed by atoms with Gasteiger partial charge in [0.1, 0.15) is 0 Å². The number of para-hydroxylation sites is 1. The number of nitrogens with one attached hydrogen (secondary N) is 3. The molecule has 0 aliphatic heterocycles. The second-order valence-corrected chi connectivity index (χ2v) is 7.28. The van der Waals surface area contributed by atoms with Gasteiger partial charge >= 0.3 is 6.03 Å². The van der Waals surface area contributed by atoms with E-state index in [1.807, 2.05) is 43.3 Å². The Kier molecular flexibility index (Phi) is 5.88. The average molecular weight is 379 g/mol. The molecule has 0 saturated heterocycles. The first kappa shape index (κ1) is 18.7. The molecule has 0 spiro atoms. The maximum absolute atomic E-state index is 12.5. The summed E-state index contributed by atoms with van der Waals surface area (Å²) in [5.41, 5.74) is 3.12. The van der Waals surface area contributed by atoms with Crippen LogP contribution in [0.4, 0.5) is 21.9 Å². The lowest BCUT2D eigenvalue weighted by Crippen LogP contribution is -2.19. The Labute approximate surface area is 162 Å². The van der Waals surface area contributed by atoms with Gasteiger partial charge in [0.05, 0.1) is 4.88 Å². The van der Waals surface area contributed by atoms with Gasteiger partial charge < -0.3 is 16.0 Å². The van der Waals surface area contributed by atoms with E-state index in [0.29, 0.717) is 21.9 Å². The van der Waals surface area contributed by atoms with Crippen molar-refractivity contribution in [3.63, 3.8) is 0 Å². The number of aryl methyl sites for hydroxylation is 2. The average Bonchev–Trinajstić information content (AvgIpc) is 3.04. The number of amides is 3. The minimum atomic E-state index is -0.342. The SMILES string of the molecule is CCc1cc(C(=O)Nc2cccc(NC(=O)Nc3ccccc3)c2)sc1C. The number of rotatable bonds is 5. The first-order valence-electron chi connectivity index (χ1n) is 8.69. The second kappa shape index (κ2) is 8.51. The largest absolute Gasteiger partial charge is 0.323 e. The van der Waals surface area contributed by atoms with Gasteiger partial charge in [0.15, 0.2) is 0 Å². The van der Waals surface area contributed by atoms with Crippen LogP contribution >= 0.6 is 11.3 Å². The van der Waals surface area contributed by atoms with Crippen LogP contribution in [0.1, 0.15) is 27.0 Å². The first-order valence-corrected chi connectivity index (χ1v) is 9.50. The van der Waals surface area contributed by atoms with Gasteiger partial charge in [-0.2, -0.15) is 0 Å². The van der Waals surface area contributed by atoms with Crippen molar-refractivity contribution in [3.8, 4) is 0 Å². The number of carbonyl (C=O) groups excluding carboxylic acids is 2. The lowest BCUT2D eigenvalue weighted by molar-refractivity contribution is 0.103. The van der Waals surface area contributed by atoms with Crippen molar-refractivity contribution in [1.82, 2.24) is 0 Å². The maximum Gasteiger partial charge on any atom is 0.323 e. The Bertz CT molecular complexity index is 951. The Morgan fingerprint density at radius 3 is 2.15 bits per heavy atom. The Morgan fingerprint density at radius 1 is 0.852 bits per heavy atom. The number of hydrogen-bond donors (Lipinski definition) is 3. The molecule has 0 radical (unpaired) electrons. The number of anilines is 3. The molecule has 0 bridgehead atoms. The Hall–Kier alpha value is -3.12. The lowest BCUT2D eigenvalue weighted by atomic mass is 10.2. The summed E-state index contributed by atoms with van der Waals surface area (Å²) < 4.78 is 0. The van der Waals surface area contributed by atoms with Gasteiger partial charge in [-0.1, -0.05) is 31.2 Å². The summed E-state index contributed by atoms with van der Waals surface area (Å²) in [6.45, 7) is 4.10. The third kappa shape index (κ3) is 4.95. The summed E-state index contributed by atoms with van der Waals surface area (Å²) in [5, 5.41) is 8.41. The highest BCUT2D eigenvalue weighted by Gasteiger charge is 2.12. The minimum Gasteiger partial charge on any atom is -0.321 e. The first-order chi connectivity index (χ1) is 13.0. The lowest BCUT2D eigenvalue weighted by Gasteiger charge is -2.09. The summed E-state index contributed by atoms with van der Waals surface area (Å²) in [7, 11) is 0. The quantitative estimate of drug-likeness (QED) is 0.546. The van der Waals surface area contributed by atoms with Crippen molar-refractivity contribution in [2.45, 2.75) is 20.3 Å². The molecule has 0 aliphatic carbocycles. The normalized spacial score (nSPS) is 10.3. The number of benzene rings is 2. The van der Waals surface area contributed by atoms with Crippen LogP contribution in [0.25, 0.3) is 0 Å². The summed E-state index contributed by atoms with van der Waals surface area (Å²) in [6.07, 6.45) is 0.908. The molecule has 3 amide bonds. The standard InChI is InChI=1S/C21H21N3O2S/c1-3-15-12-19(27-14(15)2)20(25)22-17-10-7-11-18(13-17)24-21(26)23-16-8-5-4-6-9-16/h4-13H,3H2,1-2H3,(H,22,25)(H2,23,24,26). The molecule has 3 N–H and O–H groups in total. The second-order valence-electron chi connectivity index (χ2n) is 6.03. The fraction of sp³-hybridized carbons (Fsp3) is 0.143. The molecule has 0 unspecified atom stereocenters. The molecular weight excluding hydrogens is 358 g/mol. The number of hydrogen-bond acceptors (Lipinski definition) is 3. The zero-order valence-electron chi connectivity index (χ0n) is 15.2. The van der Waals surface area contributed by atoms with Crippen LogP contribution in [0, 0.1) is 6.92 Å². The van der Waals surface area contributed by atoms with Crippen LogP contribution in [0.3, 0.4) is 0 Å². The maximum atomic E-state index is 12.5. The number of urea groups is 1. The summed E-state index contributed by atoms with van der Waals surface area (Å²) in [5.74, 6) is -0.145. The molecule has 0 saturated carbocycles. The fourth-order valence-corrected chi connectivity index (χ4v) is 3.67. The molecule has 2 aromatic carbocycles. The van der Waals surface area contributed by atoms with E-state index in [9.17, 15) is 9.59 Å². The summed E-state index contributed by atoms with van der Waals surface area (Å²) >= 11 is 1.49. The van der Waals surface area contributed by atoms with Crippen LogP contribution in [-0.4, -0.2) is 11.9 Å². The van der Waals surface area contributed by atoms with Gasteiger partial charge in [0.25, 0.3) is 5.91 Å². The molecule has 138 valence electrons. The molecule has 1 aromatic heterocycles. The van der Waals surface area contributed by atoms with Crippen LogP contribution in [0.15, 0.2) is 60.7 Å². The monoisotopic (exact) mass is 379 g/mol. The van der Waals surface area contributed by atoms with E-state index in [0.717, 1.165) is 11.3 Å². The van der Waals surface area contributed by atoms with Crippen LogP contribution in [-0.2, 0) is 6.42 Å². The highest BCUT2D eigenvalue weighted by molar-refractivity contribution is 7.14. The van der Waals surface area contributed by atoms with Crippen molar-refractivity contribution in [2.24, 2.45) is 0 Å². The van der Waals surface area contributed by atoms with Gasteiger partial charge in [0.2, 0.25) is 0 Å². The predicted molar refractivity (Wildman–Crippen MR) is 112 cm³/mol. The van der Waals surface area contributed by atoms with Crippen molar-refractivity contribution in [2.75, 3.05) is 16.0 Å². The van der Waals surface area contributed by atoms with Crippen LogP contribution in [0.2, 0.25) is 0 Å². The van der Waals surface area contributed by atoms with Gasteiger partial charge in [0, 0.05) is 21.9 Å². The molecule has 27 heavy (non-hydrogen) atoms. The van der Waals surface area contributed by atoms with E-state index >= 15 is 0 Å². The molecule has 0 fully saturated rings. The van der Waals surface area contributed by atoms with E-state index in [4.69, 9.17) is 0 Å². The summed E-state index contributed by atoms with van der Waals surface area (Å²) in [6, 6.07) is 17.9. The van der Waals surface area contributed by atoms with Gasteiger partial charge in [-0.05, 0) is 55.3 Å². The highest BCUT2D eigenvalue weighted by atomic mass is 32.1. The molecule has 6 heteroatoms. The van der Waals surface area contributed by atoms with E-state index in [2.05, 4.69) is 22.9 Å². The molecule has 0 atom stereocenters.